The fourth-order valence-electron chi connectivity index (χ4n) is 2.63. The maximum atomic E-state index is 12.6. The first-order chi connectivity index (χ1) is 13.6. The topological polar surface area (TPSA) is 58.6 Å². The van der Waals surface area contributed by atoms with E-state index in [1.165, 1.54) is 16.7 Å². The molecule has 0 unspecified atom stereocenters. The molecule has 0 atom stereocenters. The predicted molar refractivity (Wildman–Crippen MR) is 117 cm³/mol. The van der Waals surface area contributed by atoms with Crippen molar-refractivity contribution in [2.75, 3.05) is 18.5 Å². The molecule has 28 heavy (non-hydrogen) atoms. The number of benzene rings is 2. The molecule has 1 aliphatic heterocycles. The zero-order chi connectivity index (χ0) is 19.9. The molecule has 0 saturated carbocycles. The van der Waals surface area contributed by atoms with Gasteiger partial charge < -0.3 is 10.1 Å². The van der Waals surface area contributed by atoms with E-state index in [0.717, 1.165) is 11.3 Å². The minimum atomic E-state index is -0.176. The van der Waals surface area contributed by atoms with E-state index >= 15 is 0 Å². The van der Waals surface area contributed by atoms with Gasteiger partial charge in [-0.2, -0.15) is 0 Å². The van der Waals surface area contributed by atoms with Crippen molar-refractivity contribution in [2.45, 2.75) is 13.3 Å². The van der Waals surface area contributed by atoms with Crippen molar-refractivity contribution in [1.29, 1.82) is 0 Å². The first-order valence-corrected chi connectivity index (χ1v) is 10.1. The second-order valence-electron chi connectivity index (χ2n) is 6.00. The van der Waals surface area contributed by atoms with Crippen molar-refractivity contribution < 1.29 is 14.3 Å². The highest BCUT2D eigenvalue weighted by atomic mass is 32.2. The summed E-state index contributed by atoms with van der Waals surface area (Å²) in [6.07, 6.45) is 1.98. The number of nitrogens with one attached hydrogen (secondary N) is 1. The number of carbonyl (C=O) groups is 2. The van der Waals surface area contributed by atoms with Crippen LogP contribution >= 0.6 is 24.0 Å². The molecule has 1 saturated heterocycles. The maximum absolute atomic E-state index is 12.6. The second-order valence-corrected chi connectivity index (χ2v) is 7.68. The summed E-state index contributed by atoms with van der Waals surface area (Å²) >= 11 is 6.58. The second kappa shape index (κ2) is 9.52. The minimum Gasteiger partial charge on any atom is -0.494 e. The fourth-order valence-corrected chi connectivity index (χ4v) is 3.94. The van der Waals surface area contributed by atoms with Gasteiger partial charge in [-0.15, -0.1) is 0 Å². The van der Waals surface area contributed by atoms with Crippen molar-refractivity contribution >= 4 is 51.9 Å². The van der Waals surface area contributed by atoms with Crippen LogP contribution in [-0.2, 0) is 9.59 Å². The molecule has 144 valence electrons. The Kier molecular flexibility index (Phi) is 6.84. The minimum absolute atomic E-state index is 0.160. The Hall–Kier alpha value is -2.64. The molecular weight excluding hydrogens is 392 g/mol. The maximum Gasteiger partial charge on any atom is 0.266 e. The van der Waals surface area contributed by atoms with E-state index in [9.17, 15) is 9.59 Å². The van der Waals surface area contributed by atoms with Crippen LogP contribution < -0.4 is 10.1 Å². The van der Waals surface area contributed by atoms with E-state index in [-0.39, 0.29) is 24.8 Å². The van der Waals surface area contributed by atoms with Crippen molar-refractivity contribution in [2.24, 2.45) is 0 Å². The van der Waals surface area contributed by atoms with Gasteiger partial charge in [-0.1, -0.05) is 54.3 Å². The largest absolute Gasteiger partial charge is 0.494 e. The van der Waals surface area contributed by atoms with Gasteiger partial charge in [0.05, 0.1) is 11.5 Å². The number of carbonyl (C=O) groups excluding carboxylic acids is 2. The average molecular weight is 413 g/mol. The lowest BCUT2D eigenvalue weighted by Crippen LogP contribution is -2.31. The van der Waals surface area contributed by atoms with Crippen LogP contribution in [0.25, 0.3) is 6.08 Å². The van der Waals surface area contributed by atoms with Crippen LogP contribution in [0.5, 0.6) is 5.75 Å². The van der Waals surface area contributed by atoms with Crippen LogP contribution in [0.15, 0.2) is 59.5 Å². The van der Waals surface area contributed by atoms with Gasteiger partial charge in [-0.05, 0) is 42.8 Å². The van der Waals surface area contributed by atoms with Crippen molar-refractivity contribution in [3.05, 3.63) is 65.1 Å². The Labute approximate surface area is 173 Å². The number of ether oxygens (including phenoxy) is 1. The van der Waals surface area contributed by atoms with Gasteiger partial charge in [0.2, 0.25) is 5.91 Å². The van der Waals surface area contributed by atoms with Gasteiger partial charge in [0, 0.05) is 18.7 Å². The summed E-state index contributed by atoms with van der Waals surface area (Å²) in [4.78, 5) is 26.9. The molecule has 0 radical (unpaired) electrons. The summed E-state index contributed by atoms with van der Waals surface area (Å²) in [5.74, 6) is 0.418. The SMILES string of the molecule is CCOc1ccc(NC(=O)CCN2C(=O)/C(=C\c3ccccc3)SC2=S)cc1. The van der Waals surface area contributed by atoms with E-state index in [0.29, 0.717) is 21.5 Å². The molecule has 2 amide bonds. The summed E-state index contributed by atoms with van der Waals surface area (Å²) in [6.45, 7) is 2.76. The number of rotatable bonds is 7. The summed E-state index contributed by atoms with van der Waals surface area (Å²) < 4.78 is 5.85. The van der Waals surface area contributed by atoms with E-state index in [1.54, 1.807) is 24.3 Å². The first-order valence-electron chi connectivity index (χ1n) is 8.90. The number of thioether (sulfide) groups is 1. The van der Waals surface area contributed by atoms with Gasteiger partial charge in [0.25, 0.3) is 5.91 Å². The molecule has 1 heterocycles. The molecule has 1 aliphatic rings. The highest BCUT2D eigenvalue weighted by molar-refractivity contribution is 8.26. The normalized spacial score (nSPS) is 15.2. The van der Waals surface area contributed by atoms with Gasteiger partial charge in [-0.25, -0.2) is 0 Å². The summed E-state index contributed by atoms with van der Waals surface area (Å²) in [5.41, 5.74) is 1.62. The standard InChI is InChI=1S/C21H20N2O3S2/c1-2-26-17-10-8-16(9-11-17)22-19(24)12-13-23-20(25)18(28-21(23)27)14-15-6-4-3-5-7-15/h3-11,14H,2,12-13H2,1H3,(H,22,24)/b18-14+. The quantitative estimate of drug-likeness (QED) is 0.542. The van der Waals surface area contributed by atoms with Gasteiger partial charge in [-0.3, -0.25) is 14.5 Å². The van der Waals surface area contributed by atoms with Crippen molar-refractivity contribution in [3.63, 3.8) is 0 Å². The molecule has 1 fully saturated rings. The summed E-state index contributed by atoms with van der Waals surface area (Å²) in [5, 5.41) is 2.82. The number of hydrogen-bond acceptors (Lipinski definition) is 5. The summed E-state index contributed by atoms with van der Waals surface area (Å²) in [6, 6.07) is 16.8. The molecule has 5 nitrogen and oxygen atoms in total. The van der Waals surface area contributed by atoms with Gasteiger partial charge in [0.1, 0.15) is 10.1 Å². The molecule has 0 bridgehead atoms. The van der Waals surface area contributed by atoms with Crippen molar-refractivity contribution in [1.82, 2.24) is 4.90 Å². The third kappa shape index (κ3) is 5.21. The number of hydrogen-bond donors (Lipinski definition) is 1. The number of nitrogens with zero attached hydrogens (tertiary/aromatic N) is 1. The van der Waals surface area contributed by atoms with Crippen LogP contribution in [0, 0.1) is 0 Å². The molecule has 2 aromatic carbocycles. The number of amides is 2. The third-order valence-electron chi connectivity index (χ3n) is 3.98. The van der Waals surface area contributed by atoms with E-state index in [4.69, 9.17) is 17.0 Å². The van der Waals surface area contributed by atoms with E-state index in [1.807, 2.05) is 43.3 Å². The van der Waals surface area contributed by atoms with Crippen molar-refractivity contribution in [3.8, 4) is 5.75 Å². The lowest BCUT2D eigenvalue weighted by atomic mass is 10.2. The molecule has 0 aromatic heterocycles. The van der Waals surface area contributed by atoms with E-state index in [2.05, 4.69) is 5.32 Å². The number of thiocarbonyl (C=S) groups is 1. The molecule has 0 aliphatic carbocycles. The zero-order valence-corrected chi connectivity index (χ0v) is 17.0. The Morgan fingerprint density at radius 1 is 1.18 bits per heavy atom. The van der Waals surface area contributed by atoms with E-state index < -0.39 is 0 Å². The lowest BCUT2D eigenvalue weighted by molar-refractivity contribution is -0.122. The molecular formula is C21H20N2O3S2. The lowest BCUT2D eigenvalue weighted by Gasteiger charge is -2.14. The third-order valence-corrected chi connectivity index (χ3v) is 5.36. The fraction of sp³-hybridized carbons (Fsp3) is 0.190. The Bertz CT molecular complexity index is 896. The summed E-state index contributed by atoms with van der Waals surface area (Å²) in [7, 11) is 0. The predicted octanol–water partition coefficient (Wildman–Crippen LogP) is 4.32. The smallest absolute Gasteiger partial charge is 0.266 e. The van der Waals surface area contributed by atoms with Crippen LogP contribution in [0.4, 0.5) is 5.69 Å². The first kappa shape index (κ1) is 20.1. The Morgan fingerprint density at radius 2 is 1.89 bits per heavy atom. The van der Waals surface area contributed by atoms with Crippen LogP contribution in [0.3, 0.4) is 0 Å². The molecule has 0 spiro atoms. The highest BCUT2D eigenvalue weighted by Crippen LogP contribution is 2.32. The van der Waals surface area contributed by atoms with Crippen LogP contribution in [-0.4, -0.2) is 34.2 Å². The molecule has 7 heteroatoms. The van der Waals surface area contributed by atoms with Crippen LogP contribution in [0.2, 0.25) is 0 Å². The van der Waals surface area contributed by atoms with Gasteiger partial charge in [0.15, 0.2) is 0 Å². The van der Waals surface area contributed by atoms with Gasteiger partial charge >= 0.3 is 0 Å². The van der Waals surface area contributed by atoms with Crippen LogP contribution in [0.1, 0.15) is 18.9 Å². The average Bonchev–Trinajstić information content (AvgIpc) is 2.95. The molecule has 2 aromatic rings. The number of anilines is 1. The highest BCUT2D eigenvalue weighted by Gasteiger charge is 2.32. The molecule has 3 rings (SSSR count). The monoisotopic (exact) mass is 412 g/mol. The molecule has 1 N–H and O–H groups in total. The zero-order valence-electron chi connectivity index (χ0n) is 15.4. The Morgan fingerprint density at radius 3 is 2.57 bits per heavy atom. The Balaban J connectivity index is 1.55.